The van der Waals surface area contributed by atoms with Crippen LogP contribution in [-0.2, 0) is 11.4 Å². The van der Waals surface area contributed by atoms with Crippen LogP contribution in [0.4, 0.5) is 10.1 Å². The fourth-order valence-corrected chi connectivity index (χ4v) is 2.60. The molecule has 26 heavy (non-hydrogen) atoms. The molecule has 0 aliphatic heterocycles. The Morgan fingerprint density at radius 1 is 1.19 bits per heavy atom. The van der Waals surface area contributed by atoms with Crippen molar-refractivity contribution in [2.75, 3.05) is 11.1 Å². The summed E-state index contributed by atoms with van der Waals surface area (Å²) in [4.78, 5) is 11.9. The zero-order valence-corrected chi connectivity index (χ0v) is 14.8. The largest absolute Gasteiger partial charge is 0.481 e. The van der Waals surface area contributed by atoms with Gasteiger partial charge in [0.25, 0.3) is 11.1 Å². The van der Waals surface area contributed by atoms with Crippen molar-refractivity contribution in [2.24, 2.45) is 0 Å². The lowest BCUT2D eigenvalue weighted by molar-refractivity contribution is -0.113. The predicted octanol–water partition coefficient (Wildman–Crippen LogP) is 3.83. The molecule has 3 rings (SSSR count). The number of rotatable bonds is 7. The van der Waals surface area contributed by atoms with Crippen LogP contribution in [0.2, 0.25) is 0 Å². The van der Waals surface area contributed by atoms with E-state index in [4.69, 9.17) is 9.15 Å². The molecule has 0 unspecified atom stereocenters. The number of amides is 1. The maximum absolute atomic E-state index is 13.5. The molecule has 0 radical (unpaired) electrons. The van der Waals surface area contributed by atoms with E-state index >= 15 is 0 Å². The van der Waals surface area contributed by atoms with Gasteiger partial charge >= 0.3 is 0 Å². The van der Waals surface area contributed by atoms with Crippen molar-refractivity contribution in [3.63, 3.8) is 0 Å². The maximum Gasteiger partial charge on any atom is 0.277 e. The Balaban J connectivity index is 1.46. The molecule has 1 amide bonds. The van der Waals surface area contributed by atoms with Gasteiger partial charge in [0.2, 0.25) is 5.91 Å². The van der Waals surface area contributed by atoms with E-state index in [0.717, 1.165) is 23.0 Å². The van der Waals surface area contributed by atoms with Crippen molar-refractivity contribution >= 4 is 23.4 Å². The van der Waals surface area contributed by atoms with E-state index in [1.165, 1.54) is 12.1 Å². The smallest absolute Gasteiger partial charge is 0.277 e. The minimum Gasteiger partial charge on any atom is -0.481 e. The molecule has 0 saturated heterocycles. The van der Waals surface area contributed by atoms with Crippen molar-refractivity contribution in [3.05, 3.63) is 65.8 Å². The van der Waals surface area contributed by atoms with Crippen LogP contribution in [0.15, 0.2) is 58.2 Å². The summed E-state index contributed by atoms with van der Waals surface area (Å²) in [5.41, 5.74) is 1.85. The van der Waals surface area contributed by atoms with E-state index in [-0.39, 0.29) is 35.1 Å². The number of carbonyl (C=O) groups is 1. The summed E-state index contributed by atoms with van der Waals surface area (Å²) in [5, 5.41) is 10.7. The predicted molar refractivity (Wildman–Crippen MR) is 95.6 cm³/mol. The number of anilines is 1. The van der Waals surface area contributed by atoms with Gasteiger partial charge in [-0.3, -0.25) is 4.79 Å². The highest BCUT2D eigenvalue weighted by molar-refractivity contribution is 7.99. The fourth-order valence-electron chi connectivity index (χ4n) is 2.02. The molecule has 0 aliphatic carbocycles. The van der Waals surface area contributed by atoms with Gasteiger partial charge in [0, 0.05) is 5.69 Å². The van der Waals surface area contributed by atoms with E-state index in [1.54, 1.807) is 12.1 Å². The number of hydrogen-bond donors (Lipinski definition) is 1. The van der Waals surface area contributed by atoms with Gasteiger partial charge in [-0.25, -0.2) is 4.39 Å². The van der Waals surface area contributed by atoms with Gasteiger partial charge in [-0.1, -0.05) is 41.6 Å². The first-order chi connectivity index (χ1) is 12.6. The zero-order chi connectivity index (χ0) is 18.4. The van der Waals surface area contributed by atoms with Crippen LogP contribution in [-0.4, -0.2) is 21.9 Å². The molecule has 1 aromatic heterocycles. The quantitative estimate of drug-likeness (QED) is 0.634. The van der Waals surface area contributed by atoms with Gasteiger partial charge in [0.15, 0.2) is 18.2 Å². The van der Waals surface area contributed by atoms with E-state index in [0.29, 0.717) is 0 Å². The van der Waals surface area contributed by atoms with Gasteiger partial charge in [-0.05, 0) is 31.2 Å². The number of aromatic nitrogens is 2. The van der Waals surface area contributed by atoms with Gasteiger partial charge in [-0.2, -0.15) is 0 Å². The van der Waals surface area contributed by atoms with Crippen molar-refractivity contribution in [2.45, 2.75) is 18.8 Å². The molecule has 6 nitrogen and oxygen atoms in total. The average molecular weight is 373 g/mol. The highest BCUT2D eigenvalue weighted by Crippen LogP contribution is 2.20. The number of thioether (sulfide) groups is 1. The number of hydrogen-bond acceptors (Lipinski definition) is 6. The standard InChI is InChI=1S/C18H16FN3O3S/c1-12-6-8-13(9-7-12)20-16(23)11-26-18-22-21-17(25-18)10-24-15-5-3-2-4-14(15)19/h2-9H,10-11H2,1H3,(H,20,23). The van der Waals surface area contributed by atoms with Gasteiger partial charge in [-0.15, -0.1) is 10.2 Å². The summed E-state index contributed by atoms with van der Waals surface area (Å²) in [7, 11) is 0. The van der Waals surface area contributed by atoms with Crippen LogP contribution in [0.3, 0.4) is 0 Å². The number of aryl methyl sites for hydroxylation is 1. The van der Waals surface area contributed by atoms with Crippen molar-refractivity contribution in [1.29, 1.82) is 0 Å². The Morgan fingerprint density at radius 3 is 2.73 bits per heavy atom. The van der Waals surface area contributed by atoms with Crippen molar-refractivity contribution < 1.29 is 18.3 Å². The first-order valence-corrected chi connectivity index (χ1v) is 8.78. The minimum atomic E-state index is -0.464. The first kappa shape index (κ1) is 17.9. The molecule has 3 aromatic rings. The molecule has 0 fully saturated rings. The van der Waals surface area contributed by atoms with Crippen LogP contribution in [0.5, 0.6) is 5.75 Å². The van der Waals surface area contributed by atoms with E-state index in [2.05, 4.69) is 15.5 Å². The number of benzene rings is 2. The molecule has 0 aliphatic rings. The number of carbonyl (C=O) groups excluding carboxylic acids is 1. The summed E-state index contributed by atoms with van der Waals surface area (Å²) < 4.78 is 24.1. The number of halogens is 1. The van der Waals surface area contributed by atoms with Crippen LogP contribution >= 0.6 is 11.8 Å². The molecule has 0 bridgehead atoms. The van der Waals surface area contributed by atoms with E-state index < -0.39 is 5.82 Å². The summed E-state index contributed by atoms with van der Waals surface area (Å²) in [6.07, 6.45) is 0. The van der Waals surface area contributed by atoms with Gasteiger partial charge in [0.05, 0.1) is 5.75 Å². The highest BCUT2D eigenvalue weighted by atomic mass is 32.2. The van der Waals surface area contributed by atoms with Crippen LogP contribution in [0.1, 0.15) is 11.5 Å². The second-order valence-electron chi connectivity index (χ2n) is 5.38. The molecule has 2 aromatic carbocycles. The molecule has 0 saturated carbocycles. The third-order valence-electron chi connectivity index (χ3n) is 3.30. The Kier molecular flexibility index (Phi) is 5.85. The highest BCUT2D eigenvalue weighted by Gasteiger charge is 2.11. The van der Waals surface area contributed by atoms with E-state index in [1.807, 2.05) is 31.2 Å². The fraction of sp³-hybridized carbons (Fsp3) is 0.167. The maximum atomic E-state index is 13.5. The summed E-state index contributed by atoms with van der Waals surface area (Å²) in [5.74, 6) is -0.202. The lowest BCUT2D eigenvalue weighted by Crippen LogP contribution is -2.13. The number of ether oxygens (including phenoxy) is 1. The topological polar surface area (TPSA) is 77.2 Å². The molecular weight excluding hydrogens is 357 g/mol. The van der Waals surface area contributed by atoms with Crippen LogP contribution < -0.4 is 10.1 Å². The summed E-state index contributed by atoms with van der Waals surface area (Å²) >= 11 is 1.11. The Morgan fingerprint density at radius 2 is 1.96 bits per heavy atom. The molecular formula is C18H16FN3O3S. The molecule has 134 valence electrons. The lowest BCUT2D eigenvalue weighted by Gasteiger charge is -2.04. The Bertz CT molecular complexity index is 883. The van der Waals surface area contributed by atoms with E-state index in [9.17, 15) is 9.18 Å². The molecule has 1 heterocycles. The van der Waals surface area contributed by atoms with Crippen LogP contribution in [0, 0.1) is 12.7 Å². The van der Waals surface area contributed by atoms with Crippen molar-refractivity contribution in [3.8, 4) is 5.75 Å². The second-order valence-corrected chi connectivity index (χ2v) is 6.31. The average Bonchev–Trinajstić information content (AvgIpc) is 3.09. The molecule has 0 atom stereocenters. The second kappa shape index (κ2) is 8.48. The number of nitrogens with zero attached hydrogens (tertiary/aromatic N) is 2. The molecule has 8 heteroatoms. The normalized spacial score (nSPS) is 10.5. The Hall–Kier alpha value is -2.87. The number of nitrogens with one attached hydrogen (secondary N) is 1. The molecule has 0 spiro atoms. The lowest BCUT2D eigenvalue weighted by atomic mass is 10.2. The Labute approximate surface area is 153 Å². The minimum absolute atomic E-state index is 0.0515. The van der Waals surface area contributed by atoms with Crippen molar-refractivity contribution in [1.82, 2.24) is 10.2 Å². The summed E-state index contributed by atoms with van der Waals surface area (Å²) in [6, 6.07) is 13.6. The summed E-state index contributed by atoms with van der Waals surface area (Å²) in [6.45, 7) is 1.93. The van der Waals surface area contributed by atoms with Gasteiger partial charge < -0.3 is 14.5 Å². The molecule has 1 N–H and O–H groups in total. The third kappa shape index (κ3) is 5.06. The van der Waals surface area contributed by atoms with Crippen LogP contribution in [0.25, 0.3) is 0 Å². The zero-order valence-electron chi connectivity index (χ0n) is 13.9. The first-order valence-electron chi connectivity index (χ1n) is 7.79. The SMILES string of the molecule is Cc1ccc(NC(=O)CSc2nnc(COc3ccccc3F)o2)cc1. The van der Waals surface area contributed by atoms with Gasteiger partial charge in [0.1, 0.15) is 0 Å². The monoisotopic (exact) mass is 373 g/mol. The third-order valence-corrected chi connectivity index (χ3v) is 4.12. The number of para-hydroxylation sites is 1.